The minimum absolute atomic E-state index is 0.302. The molecule has 0 aliphatic carbocycles. The monoisotopic (exact) mass is 270 g/mol. The van der Waals surface area contributed by atoms with E-state index in [0.717, 1.165) is 24.5 Å². The van der Waals surface area contributed by atoms with E-state index in [1.54, 1.807) is 14.0 Å². The fraction of sp³-hybridized carbons (Fsp3) is 0.667. The number of ether oxygens (including phenoxy) is 1. The number of aromatic carboxylic acids is 1. The van der Waals surface area contributed by atoms with Crippen LogP contribution < -0.4 is 4.90 Å². The van der Waals surface area contributed by atoms with Crippen molar-refractivity contribution in [2.24, 2.45) is 0 Å². The Kier molecular flexibility index (Phi) is 3.87. The average molecular weight is 270 g/mol. The van der Waals surface area contributed by atoms with Gasteiger partial charge in [-0.2, -0.15) is 0 Å². The van der Waals surface area contributed by atoms with Crippen LogP contribution in [0.3, 0.4) is 0 Å². The number of hydrogen-bond acceptors (Lipinski definition) is 5. The first-order valence-corrected chi connectivity index (χ1v) is 6.84. The fourth-order valence-electron chi connectivity index (χ4n) is 2.33. The second-order valence-corrected chi connectivity index (χ2v) is 5.62. The molecule has 2 unspecified atom stereocenters. The Morgan fingerprint density at radius 1 is 1.61 bits per heavy atom. The van der Waals surface area contributed by atoms with Crippen LogP contribution in [0.1, 0.15) is 35.1 Å². The number of aromatic nitrogens is 1. The van der Waals surface area contributed by atoms with E-state index in [9.17, 15) is 4.79 Å². The lowest BCUT2D eigenvalue weighted by molar-refractivity contribution is 0.0700. The lowest BCUT2D eigenvalue weighted by atomic mass is 10.0. The van der Waals surface area contributed by atoms with E-state index in [4.69, 9.17) is 9.84 Å². The van der Waals surface area contributed by atoms with Gasteiger partial charge in [0.2, 0.25) is 0 Å². The second kappa shape index (κ2) is 5.24. The summed E-state index contributed by atoms with van der Waals surface area (Å²) in [5, 5.41) is 9.87. The Labute approximate surface area is 110 Å². The van der Waals surface area contributed by atoms with Crippen LogP contribution in [-0.2, 0) is 4.74 Å². The van der Waals surface area contributed by atoms with Gasteiger partial charge in [-0.3, -0.25) is 0 Å². The minimum Gasteiger partial charge on any atom is -0.477 e. The molecule has 0 amide bonds. The molecule has 100 valence electrons. The van der Waals surface area contributed by atoms with Gasteiger partial charge in [0, 0.05) is 19.7 Å². The number of carboxylic acid groups (broad SMARTS) is 1. The summed E-state index contributed by atoms with van der Waals surface area (Å²) >= 11 is 1.26. The first kappa shape index (κ1) is 13.3. The van der Waals surface area contributed by atoms with E-state index in [1.807, 2.05) is 0 Å². The smallest absolute Gasteiger partial charge is 0.347 e. The summed E-state index contributed by atoms with van der Waals surface area (Å²) in [7, 11) is 1.74. The highest BCUT2D eigenvalue weighted by atomic mass is 32.1. The summed E-state index contributed by atoms with van der Waals surface area (Å²) in [4.78, 5) is 17.9. The van der Waals surface area contributed by atoms with Gasteiger partial charge in [-0.25, -0.2) is 9.78 Å². The summed E-state index contributed by atoms with van der Waals surface area (Å²) in [6.45, 7) is 4.74. The van der Waals surface area contributed by atoms with Crippen LogP contribution in [0.15, 0.2) is 0 Å². The maximum absolute atomic E-state index is 11.0. The SMILES string of the molecule is COC1CCN(c2nc(C)c(C(=O)O)s2)C(C)C1. The number of carbonyl (C=O) groups is 1. The van der Waals surface area contributed by atoms with Crippen LogP contribution in [0.5, 0.6) is 0 Å². The lowest BCUT2D eigenvalue weighted by Crippen LogP contribution is -2.43. The summed E-state index contributed by atoms with van der Waals surface area (Å²) in [6.07, 6.45) is 2.22. The zero-order chi connectivity index (χ0) is 13.3. The number of thiazole rings is 1. The number of rotatable bonds is 3. The van der Waals surface area contributed by atoms with Gasteiger partial charge >= 0.3 is 5.97 Å². The van der Waals surface area contributed by atoms with Crippen molar-refractivity contribution in [3.63, 3.8) is 0 Å². The fourth-order valence-corrected chi connectivity index (χ4v) is 3.37. The van der Waals surface area contributed by atoms with Gasteiger partial charge in [0.05, 0.1) is 11.8 Å². The number of anilines is 1. The molecular formula is C12H18N2O3S. The zero-order valence-electron chi connectivity index (χ0n) is 10.8. The minimum atomic E-state index is -0.893. The summed E-state index contributed by atoms with van der Waals surface area (Å²) in [6, 6.07) is 0.330. The lowest BCUT2D eigenvalue weighted by Gasteiger charge is -2.36. The van der Waals surface area contributed by atoms with Gasteiger partial charge in [-0.15, -0.1) is 0 Å². The average Bonchev–Trinajstić information content (AvgIpc) is 2.71. The molecule has 5 nitrogen and oxygen atoms in total. The van der Waals surface area contributed by atoms with Crippen LogP contribution in [-0.4, -0.2) is 41.9 Å². The molecule has 2 atom stereocenters. The third-order valence-corrected chi connectivity index (χ3v) is 4.57. The van der Waals surface area contributed by atoms with E-state index in [2.05, 4.69) is 16.8 Å². The van der Waals surface area contributed by atoms with Crippen molar-refractivity contribution in [3.05, 3.63) is 10.6 Å². The Morgan fingerprint density at radius 2 is 2.33 bits per heavy atom. The molecule has 18 heavy (non-hydrogen) atoms. The van der Waals surface area contributed by atoms with E-state index < -0.39 is 5.97 Å². The number of nitrogens with zero attached hydrogens (tertiary/aromatic N) is 2. The standard InChI is InChI=1S/C12H18N2O3S/c1-7-6-9(17-3)4-5-14(7)12-13-8(2)10(18-12)11(15)16/h7,9H,4-6H2,1-3H3,(H,15,16). The van der Waals surface area contributed by atoms with E-state index in [-0.39, 0.29) is 0 Å². The Balaban J connectivity index is 2.17. The molecule has 0 radical (unpaired) electrons. The summed E-state index contributed by atoms with van der Waals surface area (Å²) in [5.74, 6) is -0.893. The molecule has 1 saturated heterocycles. The second-order valence-electron chi connectivity index (χ2n) is 4.64. The van der Waals surface area contributed by atoms with Crippen molar-refractivity contribution in [3.8, 4) is 0 Å². The number of piperidine rings is 1. The summed E-state index contributed by atoms with van der Waals surface area (Å²) in [5.41, 5.74) is 0.601. The largest absolute Gasteiger partial charge is 0.477 e. The predicted octanol–water partition coefficient (Wildman–Crippen LogP) is 2.15. The van der Waals surface area contributed by atoms with Crippen LogP contribution in [0.2, 0.25) is 0 Å². The number of hydrogen-bond donors (Lipinski definition) is 1. The van der Waals surface area contributed by atoms with E-state index in [0.29, 0.717) is 22.7 Å². The molecular weight excluding hydrogens is 252 g/mol. The molecule has 0 spiro atoms. The van der Waals surface area contributed by atoms with Gasteiger partial charge in [0.15, 0.2) is 5.13 Å². The predicted molar refractivity (Wildman–Crippen MR) is 70.6 cm³/mol. The quantitative estimate of drug-likeness (QED) is 0.912. The van der Waals surface area contributed by atoms with Crippen LogP contribution in [0, 0.1) is 6.92 Å². The van der Waals surface area contributed by atoms with E-state index >= 15 is 0 Å². The molecule has 0 bridgehead atoms. The highest BCUT2D eigenvalue weighted by molar-refractivity contribution is 7.17. The van der Waals surface area contributed by atoms with Crippen LogP contribution >= 0.6 is 11.3 Å². The van der Waals surface area contributed by atoms with Gasteiger partial charge < -0.3 is 14.7 Å². The topological polar surface area (TPSA) is 62.7 Å². The van der Waals surface area contributed by atoms with Crippen LogP contribution in [0.25, 0.3) is 0 Å². The maximum atomic E-state index is 11.0. The van der Waals surface area contributed by atoms with Crippen LogP contribution in [0.4, 0.5) is 5.13 Å². The number of methoxy groups -OCH3 is 1. The number of aryl methyl sites for hydroxylation is 1. The van der Waals surface area contributed by atoms with Crippen molar-refractivity contribution in [2.75, 3.05) is 18.6 Å². The molecule has 2 heterocycles. The normalized spacial score (nSPS) is 24.3. The molecule has 6 heteroatoms. The molecule has 2 rings (SSSR count). The molecule has 0 saturated carbocycles. The Morgan fingerprint density at radius 3 is 2.83 bits per heavy atom. The maximum Gasteiger partial charge on any atom is 0.347 e. The molecule has 1 fully saturated rings. The molecule has 1 aromatic rings. The first-order chi connectivity index (χ1) is 8.52. The Bertz CT molecular complexity index is 447. The highest BCUT2D eigenvalue weighted by Crippen LogP contribution is 2.31. The first-order valence-electron chi connectivity index (χ1n) is 6.03. The zero-order valence-corrected chi connectivity index (χ0v) is 11.7. The van der Waals surface area contributed by atoms with Gasteiger partial charge in [0.1, 0.15) is 4.88 Å². The number of carboxylic acids is 1. The van der Waals surface area contributed by atoms with Gasteiger partial charge in [0.25, 0.3) is 0 Å². The highest BCUT2D eigenvalue weighted by Gasteiger charge is 2.28. The van der Waals surface area contributed by atoms with Crippen molar-refractivity contribution in [1.82, 2.24) is 4.98 Å². The Hall–Kier alpha value is -1.14. The third kappa shape index (κ3) is 2.49. The van der Waals surface area contributed by atoms with Crippen molar-refractivity contribution >= 4 is 22.4 Å². The molecule has 1 aromatic heterocycles. The molecule has 1 aliphatic rings. The van der Waals surface area contributed by atoms with Crippen molar-refractivity contribution in [2.45, 2.75) is 38.8 Å². The van der Waals surface area contributed by atoms with Gasteiger partial charge in [-0.1, -0.05) is 11.3 Å². The summed E-state index contributed by atoms with van der Waals surface area (Å²) < 4.78 is 5.38. The van der Waals surface area contributed by atoms with Gasteiger partial charge in [-0.05, 0) is 26.7 Å². The third-order valence-electron chi connectivity index (χ3n) is 3.39. The van der Waals surface area contributed by atoms with E-state index in [1.165, 1.54) is 11.3 Å². The van der Waals surface area contributed by atoms with Crippen molar-refractivity contribution in [1.29, 1.82) is 0 Å². The molecule has 0 aromatic carbocycles. The molecule has 1 aliphatic heterocycles. The van der Waals surface area contributed by atoms with Crippen molar-refractivity contribution < 1.29 is 14.6 Å². The molecule has 1 N–H and O–H groups in total.